The first-order valence-electron chi connectivity index (χ1n) is 6.99. The van der Waals surface area contributed by atoms with E-state index in [2.05, 4.69) is 10.6 Å². The normalized spacial score (nSPS) is 10.0. The average Bonchev–Trinajstić information content (AvgIpc) is 2.54. The predicted octanol–water partition coefficient (Wildman–Crippen LogP) is 3.03. The van der Waals surface area contributed by atoms with E-state index in [1.165, 1.54) is 0 Å². The van der Waals surface area contributed by atoms with E-state index in [4.69, 9.17) is 11.6 Å². The lowest BCUT2D eigenvalue weighted by Crippen LogP contribution is -2.32. The number of carbonyl (C=O) groups excluding carboxylic acids is 2. The van der Waals surface area contributed by atoms with Crippen LogP contribution in [0.1, 0.15) is 12.0 Å². The zero-order valence-electron chi connectivity index (χ0n) is 12.0. The maximum atomic E-state index is 11.7. The third-order valence-electron chi connectivity index (χ3n) is 3.06. The molecule has 2 aromatic rings. The Morgan fingerprint density at radius 1 is 0.909 bits per heavy atom. The molecule has 0 saturated heterocycles. The van der Waals surface area contributed by atoms with Crippen molar-refractivity contribution in [2.75, 3.05) is 11.9 Å². The van der Waals surface area contributed by atoms with Crippen molar-refractivity contribution in [3.8, 4) is 0 Å². The molecule has 0 unspecified atom stereocenters. The van der Waals surface area contributed by atoms with Gasteiger partial charge < -0.3 is 10.6 Å². The van der Waals surface area contributed by atoms with E-state index in [-0.39, 0.29) is 18.4 Å². The van der Waals surface area contributed by atoms with Crippen molar-refractivity contribution < 1.29 is 9.59 Å². The Labute approximate surface area is 134 Å². The molecule has 0 atom stereocenters. The molecule has 0 heterocycles. The SMILES string of the molecule is O=C(CCc1ccccc1)NCC(=O)Nc1ccc(Cl)cc1. The summed E-state index contributed by atoms with van der Waals surface area (Å²) < 4.78 is 0. The van der Waals surface area contributed by atoms with Crippen molar-refractivity contribution >= 4 is 29.1 Å². The van der Waals surface area contributed by atoms with Gasteiger partial charge in [-0.05, 0) is 36.2 Å². The van der Waals surface area contributed by atoms with Gasteiger partial charge in [-0.2, -0.15) is 0 Å². The fourth-order valence-electron chi connectivity index (χ4n) is 1.91. The molecule has 0 aliphatic carbocycles. The summed E-state index contributed by atoms with van der Waals surface area (Å²) >= 11 is 5.77. The first kappa shape index (κ1) is 16.0. The highest BCUT2D eigenvalue weighted by molar-refractivity contribution is 6.30. The molecule has 0 aliphatic heterocycles. The van der Waals surface area contributed by atoms with E-state index in [1.54, 1.807) is 24.3 Å². The van der Waals surface area contributed by atoms with Gasteiger partial charge in [-0.25, -0.2) is 0 Å². The number of nitrogens with one attached hydrogen (secondary N) is 2. The van der Waals surface area contributed by atoms with Crippen molar-refractivity contribution in [1.82, 2.24) is 5.32 Å². The largest absolute Gasteiger partial charge is 0.347 e. The fourth-order valence-corrected chi connectivity index (χ4v) is 2.03. The highest BCUT2D eigenvalue weighted by Crippen LogP contribution is 2.13. The highest BCUT2D eigenvalue weighted by atomic mass is 35.5. The molecule has 22 heavy (non-hydrogen) atoms. The molecule has 0 aromatic heterocycles. The second-order valence-corrected chi connectivity index (χ2v) is 5.25. The summed E-state index contributed by atoms with van der Waals surface area (Å²) in [6.45, 7) is -0.0454. The second kappa shape index (κ2) is 8.20. The van der Waals surface area contributed by atoms with Crippen molar-refractivity contribution in [3.05, 3.63) is 65.2 Å². The molecule has 0 saturated carbocycles. The molecule has 0 aliphatic rings. The summed E-state index contributed by atoms with van der Waals surface area (Å²) in [5.41, 5.74) is 1.75. The van der Waals surface area contributed by atoms with Crippen LogP contribution in [-0.4, -0.2) is 18.4 Å². The van der Waals surface area contributed by atoms with Crippen molar-refractivity contribution in [1.29, 1.82) is 0 Å². The molecular formula is C17H17ClN2O2. The monoisotopic (exact) mass is 316 g/mol. The maximum Gasteiger partial charge on any atom is 0.243 e. The topological polar surface area (TPSA) is 58.2 Å². The van der Waals surface area contributed by atoms with Gasteiger partial charge in [0.1, 0.15) is 0 Å². The van der Waals surface area contributed by atoms with Crippen molar-refractivity contribution in [2.45, 2.75) is 12.8 Å². The van der Waals surface area contributed by atoms with Crippen molar-refractivity contribution in [2.24, 2.45) is 0 Å². The number of carbonyl (C=O) groups is 2. The number of anilines is 1. The summed E-state index contributed by atoms with van der Waals surface area (Å²) in [6.07, 6.45) is 1.02. The average molecular weight is 317 g/mol. The quantitative estimate of drug-likeness (QED) is 0.860. The van der Waals surface area contributed by atoms with Crippen LogP contribution in [0.25, 0.3) is 0 Å². The Kier molecular flexibility index (Phi) is 5.98. The third kappa shape index (κ3) is 5.58. The second-order valence-electron chi connectivity index (χ2n) is 4.82. The van der Waals surface area contributed by atoms with E-state index >= 15 is 0 Å². The summed E-state index contributed by atoms with van der Waals surface area (Å²) in [7, 11) is 0. The van der Waals surface area contributed by atoms with Crippen LogP contribution in [0.5, 0.6) is 0 Å². The lowest BCUT2D eigenvalue weighted by Gasteiger charge is -2.07. The minimum atomic E-state index is -0.268. The van der Waals surface area contributed by atoms with Crippen LogP contribution >= 0.6 is 11.6 Å². The van der Waals surface area contributed by atoms with Gasteiger partial charge in [0.05, 0.1) is 6.54 Å². The molecular weight excluding hydrogens is 300 g/mol. The van der Waals surface area contributed by atoms with E-state index in [0.717, 1.165) is 5.56 Å². The number of hydrogen-bond acceptors (Lipinski definition) is 2. The van der Waals surface area contributed by atoms with Gasteiger partial charge in [-0.1, -0.05) is 41.9 Å². The van der Waals surface area contributed by atoms with Gasteiger partial charge in [0, 0.05) is 17.1 Å². The molecule has 2 rings (SSSR count). The lowest BCUT2D eigenvalue weighted by atomic mass is 10.1. The number of halogens is 1. The summed E-state index contributed by atoms with van der Waals surface area (Å²) in [5, 5.41) is 5.90. The number of aryl methyl sites for hydroxylation is 1. The first-order chi connectivity index (χ1) is 10.6. The van der Waals surface area contributed by atoms with Gasteiger partial charge in [0.25, 0.3) is 0 Å². The smallest absolute Gasteiger partial charge is 0.243 e. The Morgan fingerprint density at radius 3 is 2.27 bits per heavy atom. The zero-order valence-corrected chi connectivity index (χ0v) is 12.8. The van der Waals surface area contributed by atoms with Crippen LogP contribution < -0.4 is 10.6 Å². The van der Waals surface area contributed by atoms with Crippen LogP contribution in [0.3, 0.4) is 0 Å². The molecule has 2 N–H and O–H groups in total. The number of hydrogen-bond donors (Lipinski definition) is 2. The van der Waals surface area contributed by atoms with E-state index in [0.29, 0.717) is 23.6 Å². The van der Waals surface area contributed by atoms with Crippen LogP contribution in [0, 0.1) is 0 Å². The van der Waals surface area contributed by atoms with E-state index < -0.39 is 0 Å². The first-order valence-corrected chi connectivity index (χ1v) is 7.37. The standard InChI is InChI=1S/C17H17ClN2O2/c18-14-7-9-15(10-8-14)20-17(22)12-19-16(21)11-6-13-4-2-1-3-5-13/h1-5,7-10H,6,11-12H2,(H,19,21)(H,20,22). The fraction of sp³-hybridized carbons (Fsp3) is 0.176. The molecule has 114 valence electrons. The molecule has 0 radical (unpaired) electrons. The predicted molar refractivity (Wildman–Crippen MR) is 87.9 cm³/mol. The zero-order chi connectivity index (χ0) is 15.8. The van der Waals surface area contributed by atoms with E-state index in [1.807, 2.05) is 30.3 Å². The van der Waals surface area contributed by atoms with Crippen LogP contribution in [-0.2, 0) is 16.0 Å². The Balaban J connectivity index is 1.69. The molecule has 0 spiro atoms. The molecule has 2 amide bonds. The number of rotatable bonds is 6. The third-order valence-corrected chi connectivity index (χ3v) is 3.31. The van der Waals surface area contributed by atoms with Gasteiger partial charge in [0.2, 0.25) is 11.8 Å². The molecule has 0 bridgehead atoms. The molecule has 4 nitrogen and oxygen atoms in total. The Hall–Kier alpha value is -2.33. The lowest BCUT2D eigenvalue weighted by molar-refractivity contribution is -0.124. The summed E-state index contributed by atoms with van der Waals surface area (Å²) in [5.74, 6) is -0.412. The molecule has 5 heteroatoms. The van der Waals surface area contributed by atoms with Crippen molar-refractivity contribution in [3.63, 3.8) is 0 Å². The van der Waals surface area contributed by atoms with Gasteiger partial charge in [0.15, 0.2) is 0 Å². The summed E-state index contributed by atoms with van der Waals surface area (Å²) in [4.78, 5) is 23.4. The minimum absolute atomic E-state index is 0.0454. The minimum Gasteiger partial charge on any atom is -0.347 e. The Bertz CT molecular complexity index is 627. The van der Waals surface area contributed by atoms with Crippen LogP contribution in [0.4, 0.5) is 5.69 Å². The number of benzene rings is 2. The van der Waals surface area contributed by atoms with Gasteiger partial charge in [-0.3, -0.25) is 9.59 Å². The molecule has 0 fully saturated rings. The van der Waals surface area contributed by atoms with E-state index in [9.17, 15) is 9.59 Å². The van der Waals surface area contributed by atoms with Crippen LogP contribution in [0.2, 0.25) is 5.02 Å². The van der Waals surface area contributed by atoms with Gasteiger partial charge >= 0.3 is 0 Å². The molecule has 2 aromatic carbocycles. The highest BCUT2D eigenvalue weighted by Gasteiger charge is 2.06. The number of amides is 2. The van der Waals surface area contributed by atoms with Crippen LogP contribution in [0.15, 0.2) is 54.6 Å². The summed E-state index contributed by atoms with van der Waals surface area (Å²) in [6, 6.07) is 16.5. The Morgan fingerprint density at radius 2 is 1.59 bits per heavy atom. The van der Waals surface area contributed by atoms with Gasteiger partial charge in [-0.15, -0.1) is 0 Å². The maximum absolute atomic E-state index is 11.7.